The molecule has 0 spiro atoms. The van der Waals surface area contributed by atoms with Crippen LogP contribution in [0.5, 0.6) is 0 Å². The lowest BCUT2D eigenvalue weighted by molar-refractivity contribution is 0.0954. The molecule has 108 valence electrons. The lowest BCUT2D eigenvalue weighted by atomic mass is 9.72. The molecule has 0 aliphatic heterocycles. The van der Waals surface area contributed by atoms with Crippen molar-refractivity contribution in [3.8, 4) is 0 Å². The van der Waals surface area contributed by atoms with Crippen LogP contribution in [0.15, 0.2) is 29.4 Å². The maximum atomic E-state index is 12.0. The van der Waals surface area contributed by atoms with Gasteiger partial charge in [0.05, 0.1) is 10.6 Å². The van der Waals surface area contributed by atoms with E-state index in [0.29, 0.717) is 16.5 Å². The average Bonchev–Trinajstić information content (AvgIpc) is 2.34. The maximum absolute atomic E-state index is 12.0. The lowest BCUT2D eigenvalue weighted by Crippen LogP contribution is -2.30. The van der Waals surface area contributed by atoms with Crippen molar-refractivity contribution in [3.05, 3.63) is 34.9 Å². The van der Waals surface area contributed by atoms with E-state index in [9.17, 15) is 4.79 Å². The van der Waals surface area contributed by atoms with Crippen LogP contribution >= 0.6 is 11.6 Å². The first-order valence-corrected chi connectivity index (χ1v) is 7.35. The van der Waals surface area contributed by atoms with E-state index in [1.807, 2.05) is 0 Å². The summed E-state index contributed by atoms with van der Waals surface area (Å²) in [4.78, 5) is 12.0. The van der Waals surface area contributed by atoms with Gasteiger partial charge in [0, 0.05) is 5.71 Å². The van der Waals surface area contributed by atoms with Crippen molar-refractivity contribution < 1.29 is 4.79 Å². The summed E-state index contributed by atoms with van der Waals surface area (Å²) < 4.78 is 0. The Labute approximate surface area is 125 Å². The van der Waals surface area contributed by atoms with Crippen LogP contribution in [0.1, 0.15) is 50.4 Å². The van der Waals surface area contributed by atoms with E-state index in [1.54, 1.807) is 24.3 Å². The number of rotatable bonds is 2. The summed E-state index contributed by atoms with van der Waals surface area (Å²) in [7, 11) is 0. The summed E-state index contributed by atoms with van der Waals surface area (Å²) >= 11 is 6.00. The van der Waals surface area contributed by atoms with Crippen molar-refractivity contribution in [2.45, 2.75) is 40.0 Å². The van der Waals surface area contributed by atoms with Crippen molar-refractivity contribution in [1.82, 2.24) is 5.43 Å². The molecule has 3 nitrogen and oxygen atoms in total. The number of nitrogens with one attached hydrogen (secondary N) is 1. The van der Waals surface area contributed by atoms with Gasteiger partial charge in [-0.25, -0.2) is 5.43 Å². The Balaban J connectivity index is 2.06. The molecule has 20 heavy (non-hydrogen) atoms. The van der Waals surface area contributed by atoms with Gasteiger partial charge in [0.25, 0.3) is 5.91 Å². The summed E-state index contributed by atoms with van der Waals surface area (Å²) in [6.45, 7) is 6.72. The molecule has 0 radical (unpaired) electrons. The van der Waals surface area contributed by atoms with Gasteiger partial charge in [0.2, 0.25) is 0 Å². The number of hydrogen-bond donors (Lipinski definition) is 1. The molecule has 1 aliphatic carbocycles. The molecule has 1 N–H and O–H groups in total. The first kappa shape index (κ1) is 15.0. The molecule has 0 heterocycles. The van der Waals surface area contributed by atoms with Gasteiger partial charge in [0.15, 0.2) is 0 Å². The Kier molecular flexibility index (Phi) is 4.48. The van der Waals surface area contributed by atoms with Gasteiger partial charge in [-0.05, 0) is 42.7 Å². The van der Waals surface area contributed by atoms with Gasteiger partial charge >= 0.3 is 0 Å². The smallest absolute Gasteiger partial charge is 0.267 e. The molecule has 1 fully saturated rings. The summed E-state index contributed by atoms with van der Waals surface area (Å²) in [5.74, 6) is 0.355. The van der Waals surface area contributed by atoms with Crippen LogP contribution in [0.25, 0.3) is 0 Å². The monoisotopic (exact) mass is 292 g/mol. The normalized spacial score (nSPS) is 23.6. The lowest BCUT2D eigenvalue weighted by Gasteiger charge is -2.34. The Bertz CT molecular complexity index is 537. The first-order valence-electron chi connectivity index (χ1n) is 6.98. The van der Waals surface area contributed by atoms with Crippen LogP contribution in [0, 0.1) is 11.3 Å². The molecule has 0 bridgehead atoms. The fraction of sp³-hybridized carbons (Fsp3) is 0.500. The summed E-state index contributed by atoms with van der Waals surface area (Å²) in [6.07, 6.45) is 3.08. The third-order valence-electron chi connectivity index (χ3n) is 3.60. The number of benzene rings is 1. The second kappa shape index (κ2) is 5.96. The summed E-state index contributed by atoms with van der Waals surface area (Å²) in [5, 5.41) is 4.75. The van der Waals surface area contributed by atoms with Crippen LogP contribution in [0.2, 0.25) is 5.02 Å². The Morgan fingerprint density at radius 3 is 2.75 bits per heavy atom. The molecule has 4 heteroatoms. The second-order valence-electron chi connectivity index (χ2n) is 6.45. The zero-order chi connectivity index (χ0) is 14.8. The van der Waals surface area contributed by atoms with Crippen molar-refractivity contribution in [1.29, 1.82) is 0 Å². The number of hydrogen-bond acceptors (Lipinski definition) is 2. The number of amides is 1. The molecule has 1 amide bonds. The van der Waals surface area contributed by atoms with E-state index in [0.717, 1.165) is 18.6 Å². The van der Waals surface area contributed by atoms with Gasteiger partial charge < -0.3 is 0 Å². The molecule has 1 atom stereocenters. The van der Waals surface area contributed by atoms with Crippen molar-refractivity contribution in [3.63, 3.8) is 0 Å². The highest BCUT2D eigenvalue weighted by Crippen LogP contribution is 2.36. The van der Waals surface area contributed by atoms with Gasteiger partial charge in [0.1, 0.15) is 0 Å². The van der Waals surface area contributed by atoms with Crippen LogP contribution in [-0.4, -0.2) is 11.6 Å². The minimum absolute atomic E-state index is 0.251. The Morgan fingerprint density at radius 2 is 2.10 bits per heavy atom. The topological polar surface area (TPSA) is 41.5 Å². The summed E-state index contributed by atoms with van der Waals surface area (Å²) in [6, 6.07) is 7.00. The molecule has 2 rings (SSSR count). The van der Waals surface area contributed by atoms with E-state index < -0.39 is 0 Å². The fourth-order valence-electron chi connectivity index (χ4n) is 3.04. The number of carbonyl (C=O) groups is 1. The molecule has 1 aliphatic rings. The number of carbonyl (C=O) groups excluding carboxylic acids is 1. The van der Waals surface area contributed by atoms with Crippen LogP contribution in [0.3, 0.4) is 0 Å². The highest BCUT2D eigenvalue weighted by atomic mass is 35.5. The molecular formula is C16H21ClN2O. The number of hydrazone groups is 1. The predicted molar refractivity (Wildman–Crippen MR) is 83.1 cm³/mol. The highest BCUT2D eigenvalue weighted by Gasteiger charge is 2.29. The largest absolute Gasteiger partial charge is 0.272 e. The van der Waals surface area contributed by atoms with E-state index in [1.165, 1.54) is 6.42 Å². The minimum Gasteiger partial charge on any atom is -0.267 e. The van der Waals surface area contributed by atoms with Gasteiger partial charge in [-0.2, -0.15) is 5.10 Å². The van der Waals surface area contributed by atoms with E-state index >= 15 is 0 Å². The predicted octanol–water partition coefficient (Wildman–Crippen LogP) is 4.27. The zero-order valence-corrected chi connectivity index (χ0v) is 13.0. The second-order valence-corrected chi connectivity index (χ2v) is 6.86. The molecule has 1 aromatic rings. The van der Waals surface area contributed by atoms with Gasteiger partial charge in [-0.1, -0.05) is 44.5 Å². The van der Waals surface area contributed by atoms with E-state index in [-0.39, 0.29) is 11.3 Å². The molecule has 1 saturated carbocycles. The average molecular weight is 293 g/mol. The van der Waals surface area contributed by atoms with Crippen molar-refractivity contribution in [2.75, 3.05) is 0 Å². The van der Waals surface area contributed by atoms with Crippen molar-refractivity contribution >= 4 is 23.2 Å². The molecule has 0 aromatic heterocycles. The Hall–Kier alpha value is -1.35. The number of nitrogens with zero attached hydrogens (tertiary/aromatic N) is 1. The van der Waals surface area contributed by atoms with Crippen LogP contribution in [0.4, 0.5) is 0 Å². The zero-order valence-electron chi connectivity index (χ0n) is 12.2. The standard InChI is InChI=1S/C16H21ClN2O/c1-11-8-12(10-16(2,3)9-11)18-19-15(20)13-6-4-5-7-14(13)17/h4-7,11H,8-10H2,1-3H3,(H,19,20)/b18-12-/t11-/m0/s1. The molecular weight excluding hydrogens is 272 g/mol. The molecule has 0 unspecified atom stereocenters. The SMILES string of the molecule is C[C@H]1C/C(=N/NC(=O)c2ccccc2Cl)CC(C)(C)C1. The van der Waals surface area contributed by atoms with E-state index in [2.05, 4.69) is 31.3 Å². The molecule has 0 saturated heterocycles. The van der Waals surface area contributed by atoms with Gasteiger partial charge in [-0.15, -0.1) is 0 Å². The third kappa shape index (κ3) is 3.83. The third-order valence-corrected chi connectivity index (χ3v) is 3.93. The summed E-state index contributed by atoms with van der Waals surface area (Å²) in [5.41, 5.74) is 4.41. The van der Waals surface area contributed by atoms with Gasteiger partial charge in [-0.3, -0.25) is 4.79 Å². The Morgan fingerprint density at radius 1 is 1.40 bits per heavy atom. The minimum atomic E-state index is -0.251. The van der Waals surface area contributed by atoms with Crippen LogP contribution in [-0.2, 0) is 0 Å². The molecule has 1 aromatic carbocycles. The fourth-order valence-corrected chi connectivity index (χ4v) is 3.26. The number of halogens is 1. The van der Waals surface area contributed by atoms with Crippen molar-refractivity contribution in [2.24, 2.45) is 16.4 Å². The highest BCUT2D eigenvalue weighted by molar-refractivity contribution is 6.33. The maximum Gasteiger partial charge on any atom is 0.272 e. The van der Waals surface area contributed by atoms with Crippen LogP contribution < -0.4 is 5.43 Å². The first-order chi connectivity index (χ1) is 9.37. The quantitative estimate of drug-likeness (QED) is 0.813. The van der Waals surface area contributed by atoms with E-state index in [4.69, 9.17) is 11.6 Å².